The molecule has 1 aromatic carbocycles. The number of aliphatic hydroxyl groups is 1. The minimum Gasteiger partial charge on any atom is -0.493 e. The van der Waals surface area contributed by atoms with Gasteiger partial charge in [0.15, 0.2) is 11.5 Å². The van der Waals surface area contributed by atoms with E-state index in [1.807, 2.05) is 36.4 Å². The Hall–Kier alpha value is -3.85. The van der Waals surface area contributed by atoms with E-state index in [4.69, 9.17) is 15.2 Å². The van der Waals surface area contributed by atoms with E-state index in [1.54, 1.807) is 23.2 Å². The highest BCUT2D eigenvalue weighted by molar-refractivity contribution is 5.93. The second kappa shape index (κ2) is 9.52. The number of benzene rings is 1. The number of aromatic nitrogens is 2. The van der Waals surface area contributed by atoms with E-state index >= 15 is 0 Å². The molecular formula is C23H25N5O4. The van der Waals surface area contributed by atoms with Crippen LogP contribution in [-0.2, 0) is 0 Å². The maximum absolute atomic E-state index is 13.2. The molecule has 1 aliphatic heterocycles. The van der Waals surface area contributed by atoms with Crippen LogP contribution in [0.25, 0.3) is 0 Å². The molecule has 4 rings (SSSR count). The topological polar surface area (TPSA) is 114 Å². The van der Waals surface area contributed by atoms with Crippen molar-refractivity contribution in [2.75, 3.05) is 44.0 Å². The van der Waals surface area contributed by atoms with Crippen LogP contribution in [0.3, 0.4) is 0 Å². The Bertz CT molecular complexity index is 1060. The van der Waals surface area contributed by atoms with Gasteiger partial charge in [0.2, 0.25) is 0 Å². The van der Waals surface area contributed by atoms with Gasteiger partial charge in [0.1, 0.15) is 17.3 Å². The predicted octanol–water partition coefficient (Wildman–Crippen LogP) is 2.18. The summed E-state index contributed by atoms with van der Waals surface area (Å²) in [7, 11) is 1.51. The van der Waals surface area contributed by atoms with E-state index in [-0.39, 0.29) is 24.2 Å². The highest BCUT2D eigenvalue weighted by Gasteiger charge is 2.32. The number of carbonyl (C=O) groups excluding carboxylic acids is 1. The standard InChI is InChI=1S/C23H25N5O4/c1-31-20-11-19(25-13-21(20)32-18-5-3-2-4-6-18)23(30)28-10-9-27(14-17(28)15-29)16-7-8-22(24)26-12-16/h2-8,11-13,17,29H,9-10,14-15H2,1H3,(H2,24,26). The van der Waals surface area contributed by atoms with E-state index < -0.39 is 0 Å². The van der Waals surface area contributed by atoms with Crippen molar-refractivity contribution in [2.45, 2.75) is 6.04 Å². The van der Waals surface area contributed by atoms with Gasteiger partial charge in [-0.1, -0.05) is 18.2 Å². The van der Waals surface area contributed by atoms with Crippen molar-refractivity contribution in [2.24, 2.45) is 0 Å². The van der Waals surface area contributed by atoms with Gasteiger partial charge < -0.3 is 30.1 Å². The molecule has 0 bridgehead atoms. The number of amides is 1. The second-order valence-electron chi connectivity index (χ2n) is 7.36. The van der Waals surface area contributed by atoms with Crippen molar-refractivity contribution in [1.82, 2.24) is 14.9 Å². The molecule has 3 aromatic rings. The molecule has 1 fully saturated rings. The van der Waals surface area contributed by atoms with Crippen molar-refractivity contribution in [3.63, 3.8) is 0 Å². The average molecular weight is 435 g/mol. The van der Waals surface area contributed by atoms with Crippen LogP contribution in [-0.4, -0.2) is 65.3 Å². The number of ether oxygens (including phenoxy) is 2. The normalized spacial score (nSPS) is 16.0. The van der Waals surface area contributed by atoms with E-state index in [9.17, 15) is 9.90 Å². The fourth-order valence-corrected chi connectivity index (χ4v) is 3.64. The number of rotatable bonds is 6. The summed E-state index contributed by atoms with van der Waals surface area (Å²) in [6.07, 6.45) is 3.17. The number of para-hydroxylation sites is 1. The zero-order valence-electron chi connectivity index (χ0n) is 17.7. The van der Waals surface area contributed by atoms with Gasteiger partial charge in [0.25, 0.3) is 5.91 Å². The smallest absolute Gasteiger partial charge is 0.273 e. The van der Waals surface area contributed by atoms with Gasteiger partial charge >= 0.3 is 0 Å². The van der Waals surface area contributed by atoms with Crippen LogP contribution in [0.4, 0.5) is 11.5 Å². The third-order valence-corrected chi connectivity index (χ3v) is 5.33. The predicted molar refractivity (Wildman–Crippen MR) is 120 cm³/mol. The molecule has 0 saturated carbocycles. The second-order valence-corrected chi connectivity index (χ2v) is 7.36. The molecule has 1 atom stereocenters. The van der Waals surface area contributed by atoms with Crippen LogP contribution in [0.2, 0.25) is 0 Å². The Morgan fingerprint density at radius 1 is 1.12 bits per heavy atom. The average Bonchev–Trinajstić information content (AvgIpc) is 2.84. The first-order chi connectivity index (χ1) is 15.6. The number of nitrogens with two attached hydrogens (primary N) is 1. The number of carbonyl (C=O) groups is 1. The number of nitrogens with zero attached hydrogens (tertiary/aromatic N) is 4. The summed E-state index contributed by atoms with van der Waals surface area (Å²) in [4.78, 5) is 25.3. The maximum Gasteiger partial charge on any atom is 0.273 e. The highest BCUT2D eigenvalue weighted by Crippen LogP contribution is 2.31. The van der Waals surface area contributed by atoms with Crippen LogP contribution in [0, 0.1) is 0 Å². The number of anilines is 2. The van der Waals surface area contributed by atoms with Crippen LogP contribution in [0.1, 0.15) is 10.5 Å². The summed E-state index contributed by atoms with van der Waals surface area (Å²) in [5.41, 5.74) is 6.79. The summed E-state index contributed by atoms with van der Waals surface area (Å²) in [5.74, 6) is 1.62. The lowest BCUT2D eigenvalue weighted by Crippen LogP contribution is -2.57. The minimum absolute atomic E-state index is 0.170. The molecule has 1 amide bonds. The van der Waals surface area contributed by atoms with E-state index in [0.29, 0.717) is 42.7 Å². The molecule has 166 valence electrons. The minimum atomic E-state index is -0.387. The molecule has 32 heavy (non-hydrogen) atoms. The Balaban J connectivity index is 1.50. The Morgan fingerprint density at radius 2 is 1.94 bits per heavy atom. The first-order valence-corrected chi connectivity index (χ1v) is 10.2. The van der Waals surface area contributed by atoms with Crippen LogP contribution >= 0.6 is 0 Å². The summed E-state index contributed by atoms with van der Waals surface area (Å²) in [6, 6.07) is 14.0. The lowest BCUT2D eigenvalue weighted by Gasteiger charge is -2.41. The molecule has 3 heterocycles. The van der Waals surface area contributed by atoms with Gasteiger partial charge in [-0.2, -0.15) is 0 Å². The first kappa shape index (κ1) is 21.4. The molecule has 2 aromatic heterocycles. The van der Waals surface area contributed by atoms with Crippen molar-refractivity contribution in [1.29, 1.82) is 0 Å². The van der Waals surface area contributed by atoms with Crippen molar-refractivity contribution in [3.8, 4) is 17.2 Å². The van der Waals surface area contributed by atoms with Gasteiger partial charge in [-0.25, -0.2) is 9.97 Å². The van der Waals surface area contributed by atoms with Crippen molar-refractivity contribution < 1.29 is 19.4 Å². The lowest BCUT2D eigenvalue weighted by atomic mass is 10.1. The van der Waals surface area contributed by atoms with Crippen LogP contribution < -0.4 is 20.1 Å². The van der Waals surface area contributed by atoms with Crippen molar-refractivity contribution in [3.05, 3.63) is 66.6 Å². The fourth-order valence-electron chi connectivity index (χ4n) is 3.64. The highest BCUT2D eigenvalue weighted by atomic mass is 16.5. The molecule has 0 spiro atoms. The number of hydrogen-bond acceptors (Lipinski definition) is 8. The Kier molecular flexibility index (Phi) is 6.37. The molecule has 0 aliphatic carbocycles. The molecular weight excluding hydrogens is 410 g/mol. The van der Waals surface area contributed by atoms with Crippen LogP contribution in [0.15, 0.2) is 60.9 Å². The number of nitrogen functional groups attached to an aromatic ring is 1. The summed E-state index contributed by atoms with van der Waals surface area (Å²) in [6.45, 7) is 1.33. The molecule has 1 saturated heterocycles. The lowest BCUT2D eigenvalue weighted by molar-refractivity contribution is 0.0559. The van der Waals surface area contributed by atoms with Crippen LogP contribution in [0.5, 0.6) is 17.2 Å². The van der Waals surface area contributed by atoms with E-state index in [2.05, 4.69) is 14.9 Å². The third kappa shape index (κ3) is 4.57. The first-order valence-electron chi connectivity index (χ1n) is 10.2. The molecule has 1 aliphatic rings. The number of aliphatic hydroxyl groups excluding tert-OH is 1. The summed E-state index contributed by atoms with van der Waals surface area (Å²) in [5, 5.41) is 9.95. The number of piperazine rings is 1. The number of methoxy groups -OCH3 is 1. The Morgan fingerprint density at radius 3 is 2.62 bits per heavy atom. The van der Waals surface area contributed by atoms with Crippen molar-refractivity contribution >= 4 is 17.4 Å². The zero-order chi connectivity index (χ0) is 22.5. The van der Waals surface area contributed by atoms with Gasteiger partial charge in [-0.05, 0) is 24.3 Å². The maximum atomic E-state index is 13.2. The van der Waals surface area contributed by atoms with E-state index in [0.717, 1.165) is 5.69 Å². The molecule has 9 nitrogen and oxygen atoms in total. The van der Waals surface area contributed by atoms with E-state index in [1.165, 1.54) is 13.3 Å². The SMILES string of the molecule is COc1cc(C(=O)N2CCN(c3ccc(N)nc3)CC2CO)ncc1Oc1ccccc1. The summed E-state index contributed by atoms with van der Waals surface area (Å²) < 4.78 is 11.2. The molecule has 3 N–H and O–H groups in total. The van der Waals surface area contributed by atoms with Gasteiger partial charge in [-0.15, -0.1) is 0 Å². The molecule has 9 heteroatoms. The fraction of sp³-hybridized carbons (Fsp3) is 0.261. The zero-order valence-corrected chi connectivity index (χ0v) is 17.7. The van der Waals surface area contributed by atoms with Gasteiger partial charge in [0.05, 0.1) is 37.8 Å². The monoisotopic (exact) mass is 435 g/mol. The number of pyridine rings is 2. The quantitative estimate of drug-likeness (QED) is 0.606. The molecule has 0 radical (unpaired) electrons. The molecule has 1 unspecified atom stereocenters. The van der Waals surface area contributed by atoms with Gasteiger partial charge in [0, 0.05) is 25.7 Å². The Labute approximate surface area is 186 Å². The largest absolute Gasteiger partial charge is 0.493 e. The number of hydrogen-bond donors (Lipinski definition) is 2. The summed E-state index contributed by atoms with van der Waals surface area (Å²) >= 11 is 0. The third-order valence-electron chi connectivity index (χ3n) is 5.33. The van der Waals surface area contributed by atoms with Gasteiger partial charge in [-0.3, -0.25) is 4.79 Å².